The van der Waals surface area contributed by atoms with Crippen LogP contribution in [0, 0.1) is 6.92 Å². The van der Waals surface area contributed by atoms with Gasteiger partial charge in [0.05, 0.1) is 6.54 Å². The molecule has 0 aliphatic rings. The summed E-state index contributed by atoms with van der Waals surface area (Å²) in [5, 5.41) is 7.19. The number of nitrogens with one attached hydrogen (secondary N) is 1. The van der Waals surface area contributed by atoms with E-state index in [1.54, 1.807) is 31.2 Å². The van der Waals surface area contributed by atoms with E-state index in [0.29, 0.717) is 22.5 Å². The third-order valence-corrected chi connectivity index (χ3v) is 3.90. The van der Waals surface area contributed by atoms with Crippen LogP contribution in [0.3, 0.4) is 0 Å². The van der Waals surface area contributed by atoms with Crippen molar-refractivity contribution in [2.45, 2.75) is 26.5 Å². The van der Waals surface area contributed by atoms with Crippen molar-refractivity contribution in [2.75, 3.05) is 0 Å². The minimum atomic E-state index is -0.687. The highest BCUT2D eigenvalue weighted by molar-refractivity contribution is 6.30. The number of carbonyl (C=O) groups excluding carboxylic acids is 1. The Balaban J connectivity index is 1.55. The molecule has 134 valence electrons. The smallest absolute Gasteiger partial charge is 0.261 e. The number of carbonyl (C=O) groups is 1. The van der Waals surface area contributed by atoms with Gasteiger partial charge in [-0.05, 0) is 32.0 Å². The Kier molecular flexibility index (Phi) is 5.53. The second-order valence-electron chi connectivity index (χ2n) is 5.81. The summed E-state index contributed by atoms with van der Waals surface area (Å²) in [5.41, 5.74) is 2.01. The predicted octanol–water partition coefficient (Wildman–Crippen LogP) is 3.78. The molecular weight excluding hydrogens is 354 g/mol. The average Bonchev–Trinajstić information content (AvgIpc) is 3.09. The van der Waals surface area contributed by atoms with Gasteiger partial charge in [0, 0.05) is 10.6 Å². The van der Waals surface area contributed by atoms with E-state index in [1.807, 2.05) is 31.2 Å². The highest BCUT2D eigenvalue weighted by Crippen LogP contribution is 2.19. The molecule has 6 nitrogen and oxygen atoms in total. The van der Waals surface area contributed by atoms with Gasteiger partial charge in [0.25, 0.3) is 5.91 Å². The Hall–Kier alpha value is -2.86. The molecule has 7 heteroatoms. The standard InChI is InChI=1S/C19H18ClN3O3/c1-12-6-8-14(9-7-12)18-22-17(26-23-18)11-21-19(24)13(2)25-16-5-3-4-15(20)10-16/h3-10,13H,11H2,1-2H3,(H,21,24). The Labute approximate surface area is 156 Å². The molecule has 3 rings (SSSR count). The molecule has 0 bridgehead atoms. The largest absolute Gasteiger partial charge is 0.481 e. The van der Waals surface area contributed by atoms with Gasteiger partial charge in [-0.1, -0.05) is 52.7 Å². The van der Waals surface area contributed by atoms with Crippen LogP contribution in [0.4, 0.5) is 0 Å². The second-order valence-corrected chi connectivity index (χ2v) is 6.25. The van der Waals surface area contributed by atoms with E-state index in [9.17, 15) is 4.79 Å². The number of halogens is 1. The first-order valence-electron chi connectivity index (χ1n) is 8.11. The molecule has 1 aromatic heterocycles. The molecule has 0 aliphatic heterocycles. The third-order valence-electron chi connectivity index (χ3n) is 3.67. The minimum absolute atomic E-state index is 0.126. The Bertz CT molecular complexity index is 893. The zero-order chi connectivity index (χ0) is 18.5. The van der Waals surface area contributed by atoms with Gasteiger partial charge in [-0.15, -0.1) is 0 Å². The molecule has 0 radical (unpaired) electrons. The Morgan fingerprint density at radius 1 is 1.27 bits per heavy atom. The van der Waals surface area contributed by atoms with Crippen molar-refractivity contribution in [1.29, 1.82) is 0 Å². The molecule has 0 saturated carbocycles. The second kappa shape index (κ2) is 8.01. The molecular formula is C19H18ClN3O3. The van der Waals surface area contributed by atoms with E-state index in [4.69, 9.17) is 20.9 Å². The van der Waals surface area contributed by atoms with E-state index in [2.05, 4.69) is 15.5 Å². The zero-order valence-corrected chi connectivity index (χ0v) is 15.2. The molecule has 26 heavy (non-hydrogen) atoms. The van der Waals surface area contributed by atoms with Crippen molar-refractivity contribution in [2.24, 2.45) is 0 Å². The van der Waals surface area contributed by atoms with Gasteiger partial charge in [0.15, 0.2) is 6.10 Å². The molecule has 1 N–H and O–H groups in total. The van der Waals surface area contributed by atoms with Crippen LogP contribution in [0.2, 0.25) is 5.02 Å². The molecule has 2 aromatic carbocycles. The fourth-order valence-electron chi connectivity index (χ4n) is 2.25. The molecule has 0 saturated heterocycles. The summed E-state index contributed by atoms with van der Waals surface area (Å²) in [5.74, 6) is 1.04. The van der Waals surface area contributed by atoms with Gasteiger partial charge in [-0.3, -0.25) is 4.79 Å². The number of hydrogen-bond acceptors (Lipinski definition) is 5. The summed E-state index contributed by atoms with van der Waals surface area (Å²) >= 11 is 5.90. The van der Waals surface area contributed by atoms with Gasteiger partial charge in [0.2, 0.25) is 11.7 Å². The maximum atomic E-state index is 12.2. The van der Waals surface area contributed by atoms with Crippen LogP contribution in [0.5, 0.6) is 5.75 Å². The maximum Gasteiger partial charge on any atom is 0.261 e. The first-order chi connectivity index (χ1) is 12.5. The van der Waals surface area contributed by atoms with Crippen molar-refractivity contribution in [1.82, 2.24) is 15.5 Å². The lowest BCUT2D eigenvalue weighted by molar-refractivity contribution is -0.127. The molecule has 1 atom stereocenters. The van der Waals surface area contributed by atoms with Gasteiger partial charge in [-0.25, -0.2) is 0 Å². The van der Waals surface area contributed by atoms with Gasteiger partial charge in [-0.2, -0.15) is 4.98 Å². The maximum absolute atomic E-state index is 12.2. The van der Waals surface area contributed by atoms with Crippen LogP contribution in [0.1, 0.15) is 18.4 Å². The van der Waals surface area contributed by atoms with E-state index in [0.717, 1.165) is 11.1 Å². The van der Waals surface area contributed by atoms with Crippen LogP contribution in [0.25, 0.3) is 11.4 Å². The molecule has 1 amide bonds. The van der Waals surface area contributed by atoms with Crippen LogP contribution >= 0.6 is 11.6 Å². The summed E-state index contributed by atoms with van der Waals surface area (Å²) in [6.07, 6.45) is -0.687. The fraction of sp³-hybridized carbons (Fsp3) is 0.211. The molecule has 1 heterocycles. The van der Waals surface area contributed by atoms with Crippen molar-refractivity contribution < 1.29 is 14.1 Å². The number of nitrogens with zero attached hydrogens (tertiary/aromatic N) is 2. The van der Waals surface area contributed by atoms with Crippen LogP contribution in [0.15, 0.2) is 53.1 Å². The van der Waals surface area contributed by atoms with E-state index in [1.165, 1.54) is 0 Å². The van der Waals surface area contributed by atoms with Crippen molar-refractivity contribution in [3.8, 4) is 17.1 Å². The lowest BCUT2D eigenvalue weighted by Gasteiger charge is -2.14. The Morgan fingerprint density at radius 2 is 2.04 bits per heavy atom. The lowest BCUT2D eigenvalue weighted by atomic mass is 10.1. The number of aryl methyl sites for hydroxylation is 1. The minimum Gasteiger partial charge on any atom is -0.481 e. The van der Waals surface area contributed by atoms with Crippen molar-refractivity contribution >= 4 is 17.5 Å². The third kappa shape index (κ3) is 4.61. The fourth-order valence-corrected chi connectivity index (χ4v) is 2.43. The van der Waals surface area contributed by atoms with Crippen LogP contribution < -0.4 is 10.1 Å². The van der Waals surface area contributed by atoms with Gasteiger partial charge < -0.3 is 14.6 Å². The monoisotopic (exact) mass is 371 g/mol. The molecule has 1 unspecified atom stereocenters. The topological polar surface area (TPSA) is 77.2 Å². The van der Waals surface area contributed by atoms with E-state index in [-0.39, 0.29) is 12.5 Å². The highest BCUT2D eigenvalue weighted by atomic mass is 35.5. The van der Waals surface area contributed by atoms with Crippen LogP contribution in [-0.4, -0.2) is 22.2 Å². The van der Waals surface area contributed by atoms with Crippen molar-refractivity contribution in [3.05, 3.63) is 65.0 Å². The average molecular weight is 372 g/mol. The molecule has 0 aliphatic carbocycles. The number of amides is 1. The number of rotatable bonds is 6. The first kappa shape index (κ1) is 17.9. The van der Waals surface area contributed by atoms with Gasteiger partial charge in [0.1, 0.15) is 5.75 Å². The zero-order valence-electron chi connectivity index (χ0n) is 14.4. The summed E-state index contributed by atoms with van der Waals surface area (Å²) < 4.78 is 10.7. The van der Waals surface area contributed by atoms with Gasteiger partial charge >= 0.3 is 0 Å². The van der Waals surface area contributed by atoms with Crippen molar-refractivity contribution in [3.63, 3.8) is 0 Å². The van der Waals surface area contributed by atoms with E-state index < -0.39 is 6.10 Å². The first-order valence-corrected chi connectivity index (χ1v) is 8.48. The number of hydrogen-bond donors (Lipinski definition) is 1. The lowest BCUT2D eigenvalue weighted by Crippen LogP contribution is -2.35. The van der Waals surface area contributed by atoms with E-state index >= 15 is 0 Å². The molecule has 0 spiro atoms. The Morgan fingerprint density at radius 3 is 2.77 bits per heavy atom. The summed E-state index contributed by atoms with van der Waals surface area (Å²) in [7, 11) is 0. The SMILES string of the molecule is Cc1ccc(-c2noc(CNC(=O)C(C)Oc3cccc(Cl)c3)n2)cc1. The predicted molar refractivity (Wildman–Crippen MR) is 97.9 cm³/mol. The number of aromatic nitrogens is 2. The summed E-state index contributed by atoms with van der Waals surface area (Å²) in [6, 6.07) is 14.7. The molecule has 3 aromatic rings. The number of ether oxygens (including phenoxy) is 1. The summed E-state index contributed by atoms with van der Waals surface area (Å²) in [4.78, 5) is 16.4. The normalized spacial score (nSPS) is 11.8. The summed E-state index contributed by atoms with van der Waals surface area (Å²) in [6.45, 7) is 3.79. The number of benzene rings is 2. The highest BCUT2D eigenvalue weighted by Gasteiger charge is 2.16. The van der Waals surface area contributed by atoms with Crippen LogP contribution in [-0.2, 0) is 11.3 Å². The molecule has 0 fully saturated rings. The quantitative estimate of drug-likeness (QED) is 0.713.